The normalized spacial score (nSPS) is 16.4. The third-order valence-electron chi connectivity index (χ3n) is 2.64. The summed E-state index contributed by atoms with van der Waals surface area (Å²) in [6, 6.07) is 0.465. The molecule has 1 aliphatic rings. The van der Waals surface area contributed by atoms with Gasteiger partial charge in [0.25, 0.3) is 0 Å². The van der Waals surface area contributed by atoms with Crippen molar-refractivity contribution in [2.45, 2.75) is 31.7 Å². The van der Waals surface area contributed by atoms with E-state index in [4.69, 9.17) is 11.6 Å². The number of carbonyl (C=O) groups is 1. The summed E-state index contributed by atoms with van der Waals surface area (Å²) in [6.07, 6.45) is 4.82. The lowest BCUT2D eigenvalue weighted by Gasteiger charge is -2.09. The van der Waals surface area contributed by atoms with E-state index in [-0.39, 0.29) is 5.15 Å². The topological polar surface area (TPSA) is 51.2 Å². The molecular weight excluding hydrogens is 248 g/mol. The second kappa shape index (κ2) is 5.01. The molecule has 0 aliphatic heterocycles. The zero-order valence-electron chi connectivity index (χ0n) is 8.96. The molecular formula is C10H13ClN2O2S. The van der Waals surface area contributed by atoms with Crippen molar-refractivity contribution in [1.29, 1.82) is 0 Å². The molecule has 1 saturated carbocycles. The molecule has 4 nitrogen and oxygen atoms in total. The van der Waals surface area contributed by atoms with Gasteiger partial charge in [-0.2, -0.15) is 0 Å². The molecule has 2 rings (SSSR count). The number of ether oxygens (including phenoxy) is 1. The Balaban J connectivity index is 2.07. The van der Waals surface area contributed by atoms with Gasteiger partial charge in [0.05, 0.1) is 7.11 Å². The van der Waals surface area contributed by atoms with Crippen LogP contribution in [0, 0.1) is 0 Å². The van der Waals surface area contributed by atoms with Crippen molar-refractivity contribution < 1.29 is 9.53 Å². The first-order valence-electron chi connectivity index (χ1n) is 5.22. The molecule has 16 heavy (non-hydrogen) atoms. The second-order valence-corrected chi connectivity index (χ2v) is 5.11. The molecule has 6 heteroatoms. The summed E-state index contributed by atoms with van der Waals surface area (Å²) in [6.45, 7) is 0. The van der Waals surface area contributed by atoms with E-state index in [2.05, 4.69) is 15.0 Å². The van der Waals surface area contributed by atoms with Gasteiger partial charge in [0.2, 0.25) is 0 Å². The first-order valence-corrected chi connectivity index (χ1v) is 6.41. The standard InChI is InChI=1S/C10H13ClN2O2S/c1-15-9(14)7-8(11)13-10(16-7)12-6-4-2-3-5-6/h6H,2-5H2,1H3,(H,12,13). The number of carbonyl (C=O) groups excluding carboxylic acids is 1. The Morgan fingerprint density at radius 1 is 1.56 bits per heavy atom. The quantitative estimate of drug-likeness (QED) is 0.849. The van der Waals surface area contributed by atoms with E-state index >= 15 is 0 Å². The van der Waals surface area contributed by atoms with Gasteiger partial charge in [0, 0.05) is 6.04 Å². The average molecular weight is 261 g/mol. The van der Waals surface area contributed by atoms with Crippen LogP contribution in [0.25, 0.3) is 0 Å². The van der Waals surface area contributed by atoms with E-state index in [0.717, 1.165) is 12.8 Å². The molecule has 0 spiro atoms. The maximum atomic E-state index is 11.3. The monoisotopic (exact) mass is 260 g/mol. The van der Waals surface area contributed by atoms with E-state index in [1.165, 1.54) is 31.3 Å². The van der Waals surface area contributed by atoms with Gasteiger partial charge in [-0.25, -0.2) is 9.78 Å². The Kier molecular flexibility index (Phi) is 3.66. The summed E-state index contributed by atoms with van der Waals surface area (Å²) in [4.78, 5) is 15.8. The lowest BCUT2D eigenvalue weighted by Crippen LogP contribution is -2.13. The van der Waals surface area contributed by atoms with Crippen molar-refractivity contribution in [2.24, 2.45) is 0 Å². The zero-order valence-corrected chi connectivity index (χ0v) is 10.5. The molecule has 0 saturated heterocycles. The number of anilines is 1. The molecule has 1 fully saturated rings. The van der Waals surface area contributed by atoms with Crippen LogP contribution in [-0.2, 0) is 4.74 Å². The highest BCUT2D eigenvalue weighted by molar-refractivity contribution is 7.18. The van der Waals surface area contributed by atoms with E-state index in [1.54, 1.807) is 0 Å². The first kappa shape index (κ1) is 11.7. The van der Waals surface area contributed by atoms with Gasteiger partial charge in [-0.3, -0.25) is 0 Å². The number of methoxy groups -OCH3 is 1. The van der Waals surface area contributed by atoms with Crippen LogP contribution in [0.5, 0.6) is 0 Å². The van der Waals surface area contributed by atoms with E-state index in [9.17, 15) is 4.79 Å². The smallest absolute Gasteiger partial charge is 0.351 e. The SMILES string of the molecule is COC(=O)c1sc(NC2CCCC2)nc1Cl. The third-order valence-corrected chi connectivity index (χ3v) is 3.99. The van der Waals surface area contributed by atoms with Crippen molar-refractivity contribution in [1.82, 2.24) is 4.98 Å². The van der Waals surface area contributed by atoms with Crippen LogP contribution in [-0.4, -0.2) is 24.1 Å². The van der Waals surface area contributed by atoms with Crippen LogP contribution in [0.15, 0.2) is 0 Å². The highest BCUT2D eigenvalue weighted by Crippen LogP contribution is 2.30. The van der Waals surface area contributed by atoms with Gasteiger partial charge < -0.3 is 10.1 Å². The zero-order chi connectivity index (χ0) is 11.5. The molecule has 1 aromatic heterocycles. The number of nitrogens with zero attached hydrogens (tertiary/aromatic N) is 1. The number of halogens is 1. The highest BCUT2D eigenvalue weighted by atomic mass is 35.5. The van der Waals surface area contributed by atoms with Crippen molar-refractivity contribution in [3.05, 3.63) is 10.0 Å². The van der Waals surface area contributed by atoms with Crippen LogP contribution in [0.4, 0.5) is 5.13 Å². The van der Waals surface area contributed by atoms with Crippen LogP contribution >= 0.6 is 22.9 Å². The molecule has 0 amide bonds. The van der Waals surface area contributed by atoms with Gasteiger partial charge in [-0.1, -0.05) is 35.8 Å². The minimum absolute atomic E-state index is 0.220. The minimum Gasteiger partial charge on any atom is -0.465 e. The number of rotatable bonds is 3. The van der Waals surface area contributed by atoms with Crippen LogP contribution in [0.1, 0.15) is 35.4 Å². The summed E-state index contributed by atoms with van der Waals surface area (Å²) < 4.78 is 4.62. The van der Waals surface area contributed by atoms with E-state index < -0.39 is 5.97 Å². The molecule has 88 valence electrons. The molecule has 0 bridgehead atoms. The number of aromatic nitrogens is 1. The molecule has 0 atom stereocenters. The van der Waals surface area contributed by atoms with E-state index in [0.29, 0.717) is 16.1 Å². The maximum Gasteiger partial charge on any atom is 0.351 e. The predicted octanol–water partition coefficient (Wildman–Crippen LogP) is 2.94. The summed E-state index contributed by atoms with van der Waals surface area (Å²) in [5.74, 6) is -0.429. The average Bonchev–Trinajstić information content (AvgIpc) is 2.88. The van der Waals surface area contributed by atoms with Crippen molar-refractivity contribution in [3.8, 4) is 0 Å². The summed E-state index contributed by atoms with van der Waals surface area (Å²) in [7, 11) is 1.34. The molecule has 0 radical (unpaired) electrons. The fourth-order valence-corrected chi connectivity index (χ4v) is 3.01. The fourth-order valence-electron chi connectivity index (χ4n) is 1.83. The summed E-state index contributed by atoms with van der Waals surface area (Å²) >= 11 is 7.11. The largest absolute Gasteiger partial charge is 0.465 e. The molecule has 1 N–H and O–H groups in total. The Hall–Kier alpha value is -0.810. The molecule has 1 aliphatic carbocycles. The molecule has 1 heterocycles. The number of thiazole rings is 1. The van der Waals surface area contributed by atoms with Gasteiger partial charge >= 0.3 is 5.97 Å². The van der Waals surface area contributed by atoms with Crippen molar-refractivity contribution >= 4 is 34.0 Å². The van der Waals surface area contributed by atoms with E-state index in [1.807, 2.05) is 0 Å². The molecule has 0 aromatic carbocycles. The second-order valence-electron chi connectivity index (χ2n) is 3.76. The summed E-state index contributed by atoms with van der Waals surface area (Å²) in [5.41, 5.74) is 0. The highest BCUT2D eigenvalue weighted by Gasteiger charge is 2.20. The number of hydrogen-bond acceptors (Lipinski definition) is 5. The minimum atomic E-state index is -0.429. The molecule has 1 aromatic rings. The predicted molar refractivity (Wildman–Crippen MR) is 64.3 cm³/mol. The first-order chi connectivity index (χ1) is 7.70. The van der Waals surface area contributed by atoms with Gasteiger partial charge in [-0.15, -0.1) is 0 Å². The van der Waals surface area contributed by atoms with Crippen LogP contribution < -0.4 is 5.32 Å². The number of hydrogen-bond donors (Lipinski definition) is 1. The lowest BCUT2D eigenvalue weighted by atomic mass is 10.3. The molecule has 0 unspecified atom stereocenters. The summed E-state index contributed by atoms with van der Waals surface area (Å²) in [5, 5.41) is 4.22. The number of nitrogens with one attached hydrogen (secondary N) is 1. The fraction of sp³-hybridized carbons (Fsp3) is 0.600. The Morgan fingerprint density at radius 3 is 2.88 bits per heavy atom. The van der Waals surface area contributed by atoms with Crippen molar-refractivity contribution in [3.63, 3.8) is 0 Å². The number of esters is 1. The van der Waals surface area contributed by atoms with Gasteiger partial charge in [-0.05, 0) is 12.8 Å². The maximum absolute atomic E-state index is 11.3. The van der Waals surface area contributed by atoms with Crippen LogP contribution in [0.3, 0.4) is 0 Å². The third kappa shape index (κ3) is 2.47. The van der Waals surface area contributed by atoms with Crippen molar-refractivity contribution in [2.75, 3.05) is 12.4 Å². The van der Waals surface area contributed by atoms with Gasteiger partial charge in [0.1, 0.15) is 0 Å². The van der Waals surface area contributed by atoms with Crippen LogP contribution in [0.2, 0.25) is 5.15 Å². The Labute approximate surface area is 103 Å². The van der Waals surface area contributed by atoms with Gasteiger partial charge in [0.15, 0.2) is 15.2 Å². The lowest BCUT2D eigenvalue weighted by molar-refractivity contribution is 0.0606. The Morgan fingerprint density at radius 2 is 2.25 bits per heavy atom. The Bertz CT molecular complexity index is 388.